The fourth-order valence-corrected chi connectivity index (χ4v) is 6.05. The third-order valence-electron chi connectivity index (χ3n) is 7.62. The molecule has 2 aromatic heterocycles. The molecule has 0 aliphatic carbocycles. The lowest BCUT2D eigenvalue weighted by Gasteiger charge is -2.30. The number of fused-ring (bicyclic) bond motifs is 2. The molecule has 0 radical (unpaired) electrons. The minimum atomic E-state index is -3.53. The van der Waals surface area contributed by atoms with Gasteiger partial charge < -0.3 is 19.1 Å². The van der Waals surface area contributed by atoms with Crippen molar-refractivity contribution in [1.82, 2.24) is 19.4 Å². The van der Waals surface area contributed by atoms with E-state index in [0.29, 0.717) is 37.7 Å². The summed E-state index contributed by atoms with van der Waals surface area (Å²) in [4.78, 5) is 23.2. The van der Waals surface area contributed by atoms with Gasteiger partial charge in [0.05, 0.1) is 46.4 Å². The van der Waals surface area contributed by atoms with Gasteiger partial charge >= 0.3 is 5.97 Å². The highest BCUT2D eigenvalue weighted by molar-refractivity contribution is 7.90. The van der Waals surface area contributed by atoms with Crippen molar-refractivity contribution < 1.29 is 32.2 Å². The normalized spacial score (nSPS) is 17.2. The zero-order valence-corrected chi connectivity index (χ0v) is 24.3. The summed E-state index contributed by atoms with van der Waals surface area (Å²) in [6.07, 6.45) is 2.73. The molecule has 2 aliphatic rings. The van der Waals surface area contributed by atoms with Crippen LogP contribution in [-0.2, 0) is 47.2 Å². The molecule has 1 saturated heterocycles. The van der Waals surface area contributed by atoms with Crippen LogP contribution in [0.4, 0.5) is 4.39 Å². The zero-order valence-electron chi connectivity index (χ0n) is 22.7. The first-order valence-electron chi connectivity index (χ1n) is 13.4. The van der Waals surface area contributed by atoms with Crippen molar-refractivity contribution in [2.24, 2.45) is 0 Å². The van der Waals surface area contributed by atoms with Crippen LogP contribution in [0, 0.1) is 5.82 Å². The number of carboxylic acid groups (broad SMARTS) is 1. The van der Waals surface area contributed by atoms with E-state index in [1.54, 1.807) is 18.2 Å². The van der Waals surface area contributed by atoms with E-state index in [1.807, 2.05) is 6.07 Å². The maximum absolute atomic E-state index is 14.5. The number of hydrogen-bond donors (Lipinski definition) is 1. The van der Waals surface area contributed by atoms with Crippen LogP contribution in [0.25, 0.3) is 11.0 Å². The van der Waals surface area contributed by atoms with Gasteiger partial charge in [-0.05, 0) is 54.8 Å². The molecule has 0 saturated carbocycles. The summed E-state index contributed by atoms with van der Waals surface area (Å²) in [7, 11) is -3.53. The Bertz CT molecular complexity index is 1810. The summed E-state index contributed by atoms with van der Waals surface area (Å²) in [6.45, 7) is 2.90. The average molecular weight is 615 g/mol. The summed E-state index contributed by atoms with van der Waals surface area (Å²) in [6, 6.07) is 10.4. The fraction of sp³-hybridized carbons (Fsp3) is 0.345. The van der Waals surface area contributed by atoms with Crippen LogP contribution < -0.4 is 4.74 Å². The van der Waals surface area contributed by atoms with Gasteiger partial charge in [0, 0.05) is 31.5 Å². The number of pyridine rings is 1. The number of halogens is 2. The summed E-state index contributed by atoms with van der Waals surface area (Å²) in [5.74, 6) is -0.705. The molecule has 1 fully saturated rings. The number of aromatic nitrogens is 3. The third kappa shape index (κ3) is 5.84. The molecule has 2 aromatic carbocycles. The number of ether oxygens (including phenoxy) is 2. The summed E-state index contributed by atoms with van der Waals surface area (Å²) >= 11 is 6.45. The Kier molecular flexibility index (Phi) is 7.64. The van der Waals surface area contributed by atoms with Gasteiger partial charge in [0.15, 0.2) is 9.84 Å². The number of carbonyl (C=O) groups is 1. The van der Waals surface area contributed by atoms with E-state index in [4.69, 9.17) is 26.1 Å². The molecule has 13 heteroatoms. The second-order valence-corrected chi connectivity index (χ2v) is 13.0. The molecule has 0 bridgehead atoms. The molecular formula is C29H28ClFN4O6S. The van der Waals surface area contributed by atoms with E-state index in [9.17, 15) is 22.7 Å². The molecule has 42 heavy (non-hydrogen) atoms. The molecule has 0 amide bonds. The molecule has 1 atom stereocenters. The molecule has 0 unspecified atom stereocenters. The highest BCUT2D eigenvalue weighted by atomic mass is 35.5. The maximum atomic E-state index is 14.5. The van der Waals surface area contributed by atoms with Crippen molar-refractivity contribution in [3.8, 4) is 5.88 Å². The van der Waals surface area contributed by atoms with Gasteiger partial charge in [-0.25, -0.2) is 27.6 Å². The van der Waals surface area contributed by atoms with Crippen LogP contribution in [0.1, 0.15) is 39.4 Å². The Hall–Kier alpha value is -3.58. The van der Waals surface area contributed by atoms with Crippen molar-refractivity contribution in [2.75, 3.05) is 19.4 Å². The van der Waals surface area contributed by atoms with Gasteiger partial charge in [0.25, 0.3) is 0 Å². The molecular weight excluding hydrogens is 587 g/mol. The first-order chi connectivity index (χ1) is 20.0. The largest absolute Gasteiger partial charge is 0.478 e. The second kappa shape index (κ2) is 11.3. The van der Waals surface area contributed by atoms with Gasteiger partial charge in [-0.15, -0.1) is 0 Å². The van der Waals surface area contributed by atoms with Crippen molar-refractivity contribution >= 4 is 38.4 Å². The number of benzene rings is 2. The predicted octanol–water partition coefficient (Wildman–Crippen LogP) is 4.25. The zero-order chi connectivity index (χ0) is 29.6. The summed E-state index contributed by atoms with van der Waals surface area (Å²) in [5.41, 5.74) is 3.65. The van der Waals surface area contributed by atoms with E-state index in [2.05, 4.69) is 14.5 Å². The highest BCUT2D eigenvalue weighted by Crippen LogP contribution is 2.30. The van der Waals surface area contributed by atoms with Crippen LogP contribution >= 0.6 is 11.6 Å². The molecule has 4 heterocycles. The first kappa shape index (κ1) is 28.5. The van der Waals surface area contributed by atoms with E-state index < -0.39 is 21.6 Å². The Morgan fingerprint density at radius 1 is 1.21 bits per heavy atom. The molecule has 4 aromatic rings. The molecule has 0 spiro atoms. The van der Waals surface area contributed by atoms with E-state index in [0.717, 1.165) is 53.4 Å². The highest BCUT2D eigenvalue weighted by Gasteiger charge is 2.26. The van der Waals surface area contributed by atoms with E-state index in [-0.39, 0.29) is 34.6 Å². The number of imidazole rings is 1. The number of rotatable bonds is 9. The Morgan fingerprint density at radius 2 is 2.02 bits per heavy atom. The molecule has 6 rings (SSSR count). The number of nitrogens with zero attached hydrogens (tertiary/aromatic N) is 4. The number of hydrogen-bond acceptors (Lipinski definition) is 8. The molecule has 10 nitrogen and oxygen atoms in total. The molecule has 220 valence electrons. The third-order valence-corrected chi connectivity index (χ3v) is 9.00. The van der Waals surface area contributed by atoms with Crippen LogP contribution in [-0.4, -0.2) is 64.4 Å². The number of carboxylic acids is 1. The Morgan fingerprint density at radius 3 is 2.71 bits per heavy atom. The van der Waals surface area contributed by atoms with E-state index in [1.165, 1.54) is 12.1 Å². The minimum Gasteiger partial charge on any atom is -0.478 e. The topological polar surface area (TPSA) is 124 Å². The van der Waals surface area contributed by atoms with Crippen LogP contribution in [0.15, 0.2) is 47.4 Å². The summed E-state index contributed by atoms with van der Waals surface area (Å²) in [5, 5.41) is 9.82. The second-order valence-electron chi connectivity index (χ2n) is 10.6. The first-order valence-corrected chi connectivity index (χ1v) is 15.7. The van der Waals surface area contributed by atoms with Crippen molar-refractivity contribution in [3.63, 3.8) is 0 Å². The SMILES string of the molecule is CS(=O)(=O)c1ccc(COc2nc3c(cc2Cl)CCN(Cc2nc4ccc(C(=O)O)cc4n2C[C@@H]2CCO2)C3)c(F)c1. The van der Waals surface area contributed by atoms with Gasteiger partial charge in [-0.3, -0.25) is 4.90 Å². The lowest BCUT2D eigenvalue weighted by Crippen LogP contribution is -2.34. The Balaban J connectivity index is 1.21. The average Bonchev–Trinajstić information content (AvgIpc) is 3.25. The number of aromatic carboxylic acids is 1. The van der Waals surface area contributed by atoms with Gasteiger partial charge in [0.2, 0.25) is 5.88 Å². The van der Waals surface area contributed by atoms with Crippen LogP contribution in [0.5, 0.6) is 5.88 Å². The smallest absolute Gasteiger partial charge is 0.335 e. The maximum Gasteiger partial charge on any atom is 0.335 e. The fourth-order valence-electron chi connectivity index (χ4n) is 5.19. The van der Waals surface area contributed by atoms with Crippen molar-refractivity contribution in [1.29, 1.82) is 0 Å². The molecule has 2 aliphatic heterocycles. The van der Waals surface area contributed by atoms with Crippen molar-refractivity contribution in [2.45, 2.75) is 50.1 Å². The monoisotopic (exact) mass is 614 g/mol. The summed E-state index contributed by atoms with van der Waals surface area (Å²) < 4.78 is 51.4. The van der Waals surface area contributed by atoms with Crippen molar-refractivity contribution in [3.05, 3.63) is 81.5 Å². The van der Waals surface area contributed by atoms with Crippen LogP contribution in [0.3, 0.4) is 0 Å². The van der Waals surface area contributed by atoms with E-state index >= 15 is 0 Å². The lowest BCUT2D eigenvalue weighted by atomic mass is 10.1. The van der Waals surface area contributed by atoms with Gasteiger partial charge in [-0.1, -0.05) is 17.7 Å². The molecule has 1 N–H and O–H groups in total. The quantitative estimate of drug-likeness (QED) is 0.295. The number of sulfone groups is 1. The van der Waals surface area contributed by atoms with Gasteiger partial charge in [-0.2, -0.15) is 0 Å². The van der Waals surface area contributed by atoms with Crippen LogP contribution in [0.2, 0.25) is 5.02 Å². The Labute approximate surface area is 246 Å². The lowest BCUT2D eigenvalue weighted by molar-refractivity contribution is -0.0592. The standard InChI is InChI=1S/C29H28ClFN4O6S/c1-42(38,39)21-4-2-19(23(31)12-21)16-41-28-22(30)10-17-6-8-34(14-25(17)33-28)15-27-32-24-5-3-18(29(36)37)11-26(24)35(27)13-20-7-9-40-20/h2-5,10-12,20H,6-9,13-16H2,1H3,(H,36,37)/t20-/m0/s1. The van der Waals surface area contributed by atoms with Gasteiger partial charge in [0.1, 0.15) is 23.3 Å². The minimum absolute atomic E-state index is 0.0626. The predicted molar refractivity (Wildman–Crippen MR) is 152 cm³/mol.